The Bertz CT molecular complexity index is 208. The van der Waals surface area contributed by atoms with Gasteiger partial charge >= 0.3 is 0 Å². The van der Waals surface area contributed by atoms with Crippen molar-refractivity contribution in [2.24, 2.45) is 4.99 Å². The highest BCUT2D eigenvalue weighted by Gasteiger charge is 2.17. The number of hydrogen-bond acceptors (Lipinski definition) is 2. The molecule has 1 fully saturated rings. The summed E-state index contributed by atoms with van der Waals surface area (Å²) in [5.41, 5.74) is 0. The van der Waals surface area contributed by atoms with Gasteiger partial charge in [-0.15, -0.1) is 4.99 Å². The molecule has 0 spiro atoms. The lowest BCUT2D eigenvalue weighted by Crippen LogP contribution is -2.38. The number of likely N-dealkylation sites (tertiary alicyclic amines) is 1. The number of rotatable bonds is 0. The van der Waals surface area contributed by atoms with E-state index in [1.165, 1.54) is 12.8 Å². The lowest BCUT2D eigenvalue weighted by molar-refractivity contribution is 0.431. The molecule has 0 atom stereocenters. The first-order valence-electron chi connectivity index (χ1n) is 4.14. The molecular formula is C8H14N4. The average Bonchev–Trinajstić information content (AvgIpc) is 2.51. The molecule has 0 aliphatic carbocycles. The minimum atomic E-state index is 0.787. The quantitative estimate of drug-likeness (QED) is 0.298. The van der Waals surface area contributed by atoms with Crippen LogP contribution in [0.3, 0.4) is 0 Å². The fourth-order valence-corrected chi connectivity index (χ4v) is 1.42. The number of guanidine groups is 1. The molecule has 1 heterocycles. The Kier molecular flexibility index (Phi) is 2.92. The minimum Gasteiger partial charge on any atom is -0.348 e. The molecule has 4 heteroatoms. The van der Waals surface area contributed by atoms with Gasteiger partial charge in [0.05, 0.1) is 0 Å². The van der Waals surface area contributed by atoms with E-state index in [4.69, 9.17) is 5.26 Å². The zero-order valence-corrected chi connectivity index (χ0v) is 7.62. The minimum absolute atomic E-state index is 0.787. The van der Waals surface area contributed by atoms with Crippen molar-refractivity contribution < 1.29 is 0 Å². The Labute approximate surface area is 73.1 Å². The van der Waals surface area contributed by atoms with Gasteiger partial charge in [-0.25, -0.2) is 0 Å². The third kappa shape index (κ3) is 1.88. The van der Waals surface area contributed by atoms with Crippen molar-refractivity contribution in [2.45, 2.75) is 12.8 Å². The molecule has 0 aromatic rings. The van der Waals surface area contributed by atoms with Crippen LogP contribution in [-0.4, -0.2) is 42.9 Å². The van der Waals surface area contributed by atoms with Crippen LogP contribution in [0.2, 0.25) is 0 Å². The second-order valence-electron chi connectivity index (χ2n) is 3.10. The van der Waals surface area contributed by atoms with E-state index in [1.54, 1.807) is 0 Å². The smallest absolute Gasteiger partial charge is 0.212 e. The van der Waals surface area contributed by atoms with E-state index in [1.807, 2.05) is 25.2 Å². The molecule has 1 rings (SSSR count). The van der Waals surface area contributed by atoms with E-state index < -0.39 is 0 Å². The van der Waals surface area contributed by atoms with Crippen molar-refractivity contribution in [3.63, 3.8) is 0 Å². The van der Waals surface area contributed by atoms with Crippen LogP contribution in [0.25, 0.3) is 0 Å². The molecule has 0 bridgehead atoms. The summed E-state index contributed by atoms with van der Waals surface area (Å²) in [7, 11) is 3.82. The van der Waals surface area contributed by atoms with Gasteiger partial charge in [0.15, 0.2) is 0 Å². The van der Waals surface area contributed by atoms with E-state index in [-0.39, 0.29) is 0 Å². The van der Waals surface area contributed by atoms with Crippen molar-refractivity contribution in [3.8, 4) is 6.19 Å². The van der Waals surface area contributed by atoms with Crippen LogP contribution in [0.4, 0.5) is 0 Å². The topological polar surface area (TPSA) is 42.6 Å². The van der Waals surface area contributed by atoms with E-state index in [0.29, 0.717) is 0 Å². The van der Waals surface area contributed by atoms with Crippen LogP contribution >= 0.6 is 0 Å². The second-order valence-corrected chi connectivity index (χ2v) is 3.10. The van der Waals surface area contributed by atoms with E-state index in [0.717, 1.165) is 19.0 Å². The first-order chi connectivity index (χ1) is 5.75. The van der Waals surface area contributed by atoms with Crippen molar-refractivity contribution >= 4 is 5.96 Å². The van der Waals surface area contributed by atoms with E-state index in [2.05, 4.69) is 9.89 Å². The van der Waals surface area contributed by atoms with E-state index in [9.17, 15) is 0 Å². The third-order valence-electron chi connectivity index (χ3n) is 1.94. The zero-order chi connectivity index (χ0) is 8.97. The third-order valence-corrected chi connectivity index (χ3v) is 1.94. The van der Waals surface area contributed by atoms with Gasteiger partial charge in [-0.3, -0.25) is 0 Å². The summed E-state index contributed by atoms with van der Waals surface area (Å²) in [5, 5.41) is 8.46. The van der Waals surface area contributed by atoms with Crippen LogP contribution in [0, 0.1) is 11.5 Å². The monoisotopic (exact) mass is 166 g/mol. The van der Waals surface area contributed by atoms with Gasteiger partial charge in [0.25, 0.3) is 0 Å². The Morgan fingerprint density at radius 1 is 1.42 bits per heavy atom. The summed E-state index contributed by atoms with van der Waals surface area (Å²) in [6.45, 7) is 2.05. The summed E-state index contributed by atoms with van der Waals surface area (Å²) in [6, 6.07) is 0. The molecule has 4 nitrogen and oxygen atoms in total. The number of nitriles is 1. The molecule has 0 saturated carbocycles. The number of aliphatic imine (C=N–C) groups is 1. The highest BCUT2D eigenvalue weighted by Crippen LogP contribution is 2.08. The van der Waals surface area contributed by atoms with Crippen LogP contribution in [0.15, 0.2) is 4.99 Å². The Balaban J connectivity index is 2.66. The Morgan fingerprint density at radius 3 is 2.42 bits per heavy atom. The molecule has 0 radical (unpaired) electrons. The van der Waals surface area contributed by atoms with Gasteiger partial charge in [-0.05, 0) is 12.8 Å². The van der Waals surface area contributed by atoms with Gasteiger partial charge in [0.2, 0.25) is 12.2 Å². The fraction of sp³-hybridized carbons (Fsp3) is 0.750. The maximum absolute atomic E-state index is 8.46. The molecule has 0 amide bonds. The van der Waals surface area contributed by atoms with Gasteiger partial charge in [0, 0.05) is 27.2 Å². The van der Waals surface area contributed by atoms with E-state index >= 15 is 0 Å². The maximum Gasteiger partial charge on any atom is 0.212 e. The number of hydrogen-bond donors (Lipinski definition) is 0. The Morgan fingerprint density at radius 2 is 2.00 bits per heavy atom. The molecule has 1 aliphatic rings. The first-order valence-corrected chi connectivity index (χ1v) is 4.14. The summed E-state index contributed by atoms with van der Waals surface area (Å²) < 4.78 is 0. The molecule has 0 aromatic heterocycles. The molecule has 1 aliphatic heterocycles. The lowest BCUT2D eigenvalue weighted by atomic mass is 10.4. The maximum atomic E-state index is 8.46. The van der Waals surface area contributed by atoms with Crippen LogP contribution in [0.1, 0.15) is 12.8 Å². The van der Waals surface area contributed by atoms with Crippen LogP contribution in [-0.2, 0) is 0 Å². The summed E-state index contributed by atoms with van der Waals surface area (Å²) in [5.74, 6) is 0.787. The molecule has 0 aromatic carbocycles. The molecule has 0 N–H and O–H groups in total. The zero-order valence-electron chi connectivity index (χ0n) is 7.62. The summed E-state index contributed by atoms with van der Waals surface area (Å²) in [6.07, 6.45) is 4.24. The molecular weight excluding hydrogens is 152 g/mol. The SMILES string of the molecule is CN(C)C(=NC#N)N1CCCC1. The van der Waals surface area contributed by atoms with Gasteiger partial charge < -0.3 is 9.80 Å². The van der Waals surface area contributed by atoms with Crippen LogP contribution < -0.4 is 0 Å². The summed E-state index contributed by atoms with van der Waals surface area (Å²) >= 11 is 0. The lowest BCUT2D eigenvalue weighted by Gasteiger charge is -2.24. The fourth-order valence-electron chi connectivity index (χ4n) is 1.42. The van der Waals surface area contributed by atoms with Crippen molar-refractivity contribution in [1.82, 2.24) is 9.80 Å². The predicted molar refractivity (Wildman–Crippen MR) is 47.5 cm³/mol. The first kappa shape index (κ1) is 8.85. The second kappa shape index (κ2) is 3.96. The predicted octanol–water partition coefficient (Wildman–Crippen LogP) is 0.481. The van der Waals surface area contributed by atoms with Crippen molar-refractivity contribution in [2.75, 3.05) is 27.2 Å². The largest absolute Gasteiger partial charge is 0.348 e. The normalized spacial score (nSPS) is 17.8. The standard InChI is InChI=1S/C8H14N4/c1-11(2)8(10-7-9)12-5-3-4-6-12/h3-6H2,1-2H3. The molecule has 0 unspecified atom stereocenters. The average molecular weight is 166 g/mol. The van der Waals surface area contributed by atoms with Crippen molar-refractivity contribution in [1.29, 1.82) is 5.26 Å². The highest BCUT2D eigenvalue weighted by molar-refractivity contribution is 5.80. The number of nitrogens with zero attached hydrogens (tertiary/aromatic N) is 4. The highest BCUT2D eigenvalue weighted by atomic mass is 15.4. The molecule has 1 saturated heterocycles. The van der Waals surface area contributed by atoms with Gasteiger partial charge in [-0.2, -0.15) is 5.26 Å². The summed E-state index contributed by atoms with van der Waals surface area (Å²) in [4.78, 5) is 7.81. The van der Waals surface area contributed by atoms with Gasteiger partial charge in [-0.1, -0.05) is 0 Å². The van der Waals surface area contributed by atoms with Crippen LogP contribution in [0.5, 0.6) is 0 Å². The Hall–Kier alpha value is -1.24. The van der Waals surface area contributed by atoms with Crippen molar-refractivity contribution in [3.05, 3.63) is 0 Å². The molecule has 66 valence electrons. The van der Waals surface area contributed by atoms with Gasteiger partial charge in [0.1, 0.15) is 0 Å². The molecule has 12 heavy (non-hydrogen) atoms.